The van der Waals surface area contributed by atoms with E-state index in [1.807, 2.05) is 0 Å². The Morgan fingerprint density at radius 2 is 2.08 bits per heavy atom. The number of hydrogen-bond donors (Lipinski definition) is 0. The summed E-state index contributed by atoms with van der Waals surface area (Å²) in [4.78, 5) is 0. The average molecular weight is 237 g/mol. The summed E-state index contributed by atoms with van der Waals surface area (Å²) in [6, 6.07) is 0. The van der Waals surface area contributed by atoms with Crippen molar-refractivity contribution in [2.24, 2.45) is 0 Å². The van der Waals surface area contributed by atoms with E-state index in [-0.39, 0.29) is 5.79 Å². The van der Waals surface area contributed by atoms with Gasteiger partial charge in [0.15, 0.2) is 5.79 Å². The zero-order chi connectivity index (χ0) is 9.03. The van der Waals surface area contributed by atoms with E-state index in [1.165, 1.54) is 0 Å². The minimum atomic E-state index is -0.295. The number of alkyl halides is 1. The molecule has 1 saturated heterocycles. The molecule has 2 nitrogen and oxygen atoms in total. The summed E-state index contributed by atoms with van der Waals surface area (Å²) in [5, 5.41) is 0.915. The number of hydrogen-bond acceptors (Lipinski definition) is 2. The molecule has 72 valence electrons. The van der Waals surface area contributed by atoms with Crippen LogP contribution in [0.5, 0.6) is 0 Å². The van der Waals surface area contributed by atoms with Crippen molar-refractivity contribution >= 4 is 15.9 Å². The van der Waals surface area contributed by atoms with Crippen LogP contribution < -0.4 is 0 Å². The van der Waals surface area contributed by atoms with Gasteiger partial charge in [-0.2, -0.15) is 0 Å². The number of ether oxygens (including phenoxy) is 2. The maximum absolute atomic E-state index is 5.85. The first-order valence-electron chi connectivity index (χ1n) is 4.64. The predicted octanol–water partition coefficient (Wildman–Crippen LogP) is 2.70. The zero-order valence-corrected chi connectivity index (χ0v) is 9.39. The molecule has 12 heavy (non-hydrogen) atoms. The zero-order valence-electron chi connectivity index (χ0n) is 7.81. The van der Waals surface area contributed by atoms with Gasteiger partial charge in [0.1, 0.15) is 0 Å². The molecule has 0 amide bonds. The minimum Gasteiger partial charge on any atom is -0.350 e. The van der Waals surface area contributed by atoms with E-state index in [0.29, 0.717) is 6.10 Å². The lowest BCUT2D eigenvalue weighted by atomic mass is 10.1. The summed E-state index contributed by atoms with van der Waals surface area (Å²) in [7, 11) is 0. The fourth-order valence-electron chi connectivity index (χ4n) is 1.50. The lowest BCUT2D eigenvalue weighted by Gasteiger charge is -2.39. The van der Waals surface area contributed by atoms with Crippen LogP contribution in [0.25, 0.3) is 0 Å². The predicted molar refractivity (Wildman–Crippen MR) is 52.5 cm³/mol. The summed E-state index contributed by atoms with van der Waals surface area (Å²) in [5.41, 5.74) is 0. The van der Waals surface area contributed by atoms with Crippen molar-refractivity contribution in [3.8, 4) is 0 Å². The lowest BCUT2D eigenvalue weighted by molar-refractivity contribution is -0.291. The van der Waals surface area contributed by atoms with E-state index in [2.05, 4.69) is 29.8 Å². The molecule has 0 aromatic rings. The van der Waals surface area contributed by atoms with Crippen molar-refractivity contribution in [1.29, 1.82) is 0 Å². The molecule has 1 atom stereocenters. The molecule has 1 aliphatic heterocycles. The fourth-order valence-corrected chi connectivity index (χ4v) is 1.96. The molecule has 0 bridgehead atoms. The largest absolute Gasteiger partial charge is 0.350 e. The highest BCUT2D eigenvalue weighted by molar-refractivity contribution is 9.09. The minimum absolute atomic E-state index is 0.295. The lowest BCUT2D eigenvalue weighted by Crippen LogP contribution is -2.44. The maximum atomic E-state index is 5.85. The first kappa shape index (κ1) is 10.5. The maximum Gasteiger partial charge on any atom is 0.168 e. The van der Waals surface area contributed by atoms with E-state index >= 15 is 0 Å². The molecule has 3 heteroatoms. The van der Waals surface area contributed by atoms with Crippen LogP contribution >= 0.6 is 15.9 Å². The summed E-state index contributed by atoms with van der Waals surface area (Å²) in [5.74, 6) is -0.295. The Morgan fingerprint density at radius 1 is 1.42 bits per heavy atom. The molecule has 0 saturated carbocycles. The van der Waals surface area contributed by atoms with Gasteiger partial charge >= 0.3 is 0 Å². The second kappa shape index (κ2) is 4.58. The van der Waals surface area contributed by atoms with Crippen LogP contribution in [0.1, 0.15) is 33.1 Å². The highest BCUT2D eigenvalue weighted by Gasteiger charge is 2.34. The highest BCUT2D eigenvalue weighted by atomic mass is 79.9. The van der Waals surface area contributed by atoms with Gasteiger partial charge in [0.05, 0.1) is 12.7 Å². The topological polar surface area (TPSA) is 18.5 Å². The second-order valence-corrected chi connectivity index (χ2v) is 3.80. The molecule has 0 aromatic heterocycles. The fraction of sp³-hybridized carbons (Fsp3) is 1.00. The van der Waals surface area contributed by atoms with Gasteiger partial charge < -0.3 is 9.47 Å². The smallest absolute Gasteiger partial charge is 0.168 e. The van der Waals surface area contributed by atoms with E-state index in [9.17, 15) is 0 Å². The molecule has 1 rings (SSSR count). The van der Waals surface area contributed by atoms with Crippen molar-refractivity contribution in [2.45, 2.75) is 45.0 Å². The van der Waals surface area contributed by atoms with E-state index in [4.69, 9.17) is 9.47 Å². The van der Waals surface area contributed by atoms with E-state index < -0.39 is 0 Å². The Morgan fingerprint density at radius 3 is 2.58 bits per heavy atom. The number of halogens is 1. The number of rotatable bonds is 3. The second-order valence-electron chi connectivity index (χ2n) is 3.15. The molecule has 0 radical (unpaired) electrons. The third-order valence-corrected chi connectivity index (χ3v) is 3.16. The highest BCUT2D eigenvalue weighted by Crippen LogP contribution is 2.29. The van der Waals surface area contributed by atoms with Crippen LogP contribution in [-0.2, 0) is 9.47 Å². The van der Waals surface area contributed by atoms with Crippen LogP contribution in [0, 0.1) is 0 Å². The van der Waals surface area contributed by atoms with Gasteiger partial charge in [-0.15, -0.1) is 0 Å². The van der Waals surface area contributed by atoms with E-state index in [0.717, 1.165) is 31.2 Å². The summed E-state index contributed by atoms with van der Waals surface area (Å²) in [6.45, 7) is 5.05. The van der Waals surface area contributed by atoms with Gasteiger partial charge in [0.25, 0.3) is 0 Å². The summed E-state index contributed by atoms with van der Waals surface area (Å²) in [6.07, 6.45) is 3.21. The van der Waals surface area contributed by atoms with Gasteiger partial charge in [0.2, 0.25) is 0 Å². The van der Waals surface area contributed by atoms with Gasteiger partial charge in [-0.25, -0.2) is 0 Å². The third kappa shape index (κ3) is 2.21. The van der Waals surface area contributed by atoms with Gasteiger partial charge in [-0.05, 0) is 19.3 Å². The Kier molecular flexibility index (Phi) is 4.00. The van der Waals surface area contributed by atoms with Crippen LogP contribution in [0.2, 0.25) is 0 Å². The third-order valence-electron chi connectivity index (χ3n) is 2.44. The molecule has 1 heterocycles. The van der Waals surface area contributed by atoms with Crippen LogP contribution in [0.4, 0.5) is 0 Å². The Labute approximate surface area is 82.7 Å². The Hall–Kier alpha value is 0.400. The van der Waals surface area contributed by atoms with Crippen molar-refractivity contribution in [1.82, 2.24) is 0 Å². The van der Waals surface area contributed by atoms with Crippen molar-refractivity contribution in [3.63, 3.8) is 0 Å². The molecular formula is C9H17BrO2. The van der Waals surface area contributed by atoms with Crippen molar-refractivity contribution in [3.05, 3.63) is 0 Å². The Bertz CT molecular complexity index is 134. The Balaban J connectivity index is 2.52. The SMILES string of the molecule is CCC1(CC)OCCC(CBr)O1. The standard InChI is InChI=1S/C9H17BrO2/c1-3-9(4-2)11-6-5-8(7-10)12-9/h8H,3-7H2,1-2H3. The van der Waals surface area contributed by atoms with Crippen LogP contribution in [0.15, 0.2) is 0 Å². The summed E-state index contributed by atoms with van der Waals surface area (Å²) >= 11 is 3.44. The van der Waals surface area contributed by atoms with Crippen molar-refractivity contribution in [2.75, 3.05) is 11.9 Å². The molecule has 0 aliphatic carbocycles. The first-order valence-corrected chi connectivity index (χ1v) is 5.76. The molecule has 1 aliphatic rings. The molecule has 0 spiro atoms. The quantitative estimate of drug-likeness (QED) is 0.702. The molecule has 0 N–H and O–H groups in total. The average Bonchev–Trinajstić information content (AvgIpc) is 2.18. The molecule has 0 aromatic carbocycles. The van der Waals surface area contributed by atoms with Gasteiger partial charge in [0, 0.05) is 5.33 Å². The van der Waals surface area contributed by atoms with Crippen LogP contribution in [-0.4, -0.2) is 23.8 Å². The monoisotopic (exact) mass is 236 g/mol. The van der Waals surface area contributed by atoms with Crippen LogP contribution in [0.3, 0.4) is 0 Å². The summed E-state index contributed by atoms with van der Waals surface area (Å²) < 4.78 is 11.5. The normalized spacial score (nSPS) is 28.8. The van der Waals surface area contributed by atoms with Gasteiger partial charge in [-0.3, -0.25) is 0 Å². The molecule has 1 fully saturated rings. The van der Waals surface area contributed by atoms with Gasteiger partial charge in [-0.1, -0.05) is 29.8 Å². The molecule has 1 unspecified atom stereocenters. The van der Waals surface area contributed by atoms with Crippen molar-refractivity contribution < 1.29 is 9.47 Å². The molecular weight excluding hydrogens is 220 g/mol. The van der Waals surface area contributed by atoms with E-state index in [1.54, 1.807) is 0 Å². The first-order chi connectivity index (χ1) is 5.76.